The monoisotopic (exact) mass is 356 g/mol. The summed E-state index contributed by atoms with van der Waals surface area (Å²) in [5.74, 6) is 0. The average Bonchev–Trinajstić information content (AvgIpc) is 2.40. The van der Waals surface area contributed by atoms with E-state index in [0.29, 0.717) is 0 Å². The molecule has 0 aliphatic rings. The molecule has 21 heavy (non-hydrogen) atoms. The molecule has 17 heteroatoms. The summed E-state index contributed by atoms with van der Waals surface area (Å²) in [5.41, 5.74) is 0. The molecular weight excluding hydrogens is 352 g/mol. The first-order chi connectivity index (χ1) is 9.08. The van der Waals surface area contributed by atoms with Gasteiger partial charge in [0.1, 0.15) is 0 Å². The van der Waals surface area contributed by atoms with Crippen LogP contribution in [0.1, 0.15) is 0 Å². The Hall–Kier alpha value is -2.37. The first kappa shape index (κ1) is 31.2. The molecule has 0 aromatic rings. The first-order valence-corrected chi connectivity index (χ1v) is 3.19. The predicted molar refractivity (Wildman–Crippen MR) is 36.4 cm³/mol. The van der Waals surface area contributed by atoms with Crippen molar-refractivity contribution in [2.45, 2.75) is 0 Å². The second-order valence-electron chi connectivity index (χ2n) is 1.40. The van der Waals surface area contributed by atoms with Crippen LogP contribution in [0, 0.1) is 0 Å². The summed E-state index contributed by atoms with van der Waals surface area (Å²) in [6, 6.07) is 0. The van der Waals surface area contributed by atoms with Crippen molar-refractivity contribution < 1.29 is 102 Å². The Labute approximate surface area is 127 Å². The van der Waals surface area contributed by atoms with Crippen LogP contribution >= 0.6 is 0 Å². The van der Waals surface area contributed by atoms with Crippen molar-refractivity contribution in [1.29, 1.82) is 0 Å². The van der Waals surface area contributed by atoms with Gasteiger partial charge in [0, 0.05) is 0 Å². The molecule has 4 N–H and O–H groups in total. The minimum Gasteiger partial charge on any atom is -0.659 e. The van der Waals surface area contributed by atoms with Crippen LogP contribution in [0.3, 0.4) is 0 Å². The van der Waals surface area contributed by atoms with Crippen molar-refractivity contribution in [3.8, 4) is 0 Å². The van der Waals surface area contributed by atoms with Crippen molar-refractivity contribution in [2.24, 2.45) is 0 Å². The van der Waals surface area contributed by atoms with Gasteiger partial charge in [-0.3, -0.25) is 0 Å². The van der Waals surface area contributed by atoms with Crippen molar-refractivity contribution in [1.82, 2.24) is 0 Å². The molecular formula is C4H4O16Ti. The fraction of sp³-hybridized carbons (Fsp3) is 0. The van der Waals surface area contributed by atoms with Crippen LogP contribution in [0.2, 0.25) is 0 Å². The molecule has 0 bridgehead atoms. The van der Waals surface area contributed by atoms with E-state index in [1.54, 1.807) is 0 Å². The maximum absolute atomic E-state index is 8.83. The zero-order valence-electron chi connectivity index (χ0n) is 9.19. The molecule has 0 saturated carbocycles. The molecule has 120 valence electrons. The Morgan fingerprint density at radius 1 is 0.524 bits per heavy atom. The second-order valence-corrected chi connectivity index (χ2v) is 1.40. The van der Waals surface area contributed by atoms with E-state index in [0.717, 1.165) is 0 Å². The van der Waals surface area contributed by atoms with Gasteiger partial charge < -0.3 is 61.0 Å². The van der Waals surface area contributed by atoms with Gasteiger partial charge in [0.25, 0.3) is 0 Å². The Bertz CT molecular complexity index is 217. The molecule has 0 spiro atoms. The topological polar surface area (TPSA) is 278 Å². The van der Waals surface area contributed by atoms with Crippen LogP contribution in [-0.4, -0.2) is 45.0 Å². The molecule has 0 fully saturated rings. The van der Waals surface area contributed by atoms with Gasteiger partial charge in [-0.25, -0.2) is 19.2 Å². The minimum absolute atomic E-state index is 0. The molecule has 0 aromatic carbocycles. The third kappa shape index (κ3) is 136. The van der Waals surface area contributed by atoms with Gasteiger partial charge in [-0.05, 0) is 0 Å². The zero-order valence-corrected chi connectivity index (χ0v) is 10.7. The van der Waals surface area contributed by atoms with Gasteiger partial charge in [-0.15, -0.1) is 0 Å². The van der Waals surface area contributed by atoms with E-state index in [-0.39, 0.29) is 21.7 Å². The van der Waals surface area contributed by atoms with Gasteiger partial charge in [0.15, 0.2) is 0 Å². The molecule has 0 aromatic heterocycles. The summed E-state index contributed by atoms with van der Waals surface area (Å²) >= 11 is 0. The smallest absolute Gasteiger partial charge is 0.659 e. The summed E-state index contributed by atoms with van der Waals surface area (Å²) in [6.07, 6.45) is -7.20. The van der Waals surface area contributed by atoms with Crippen LogP contribution in [0.15, 0.2) is 0 Å². The molecule has 0 heterocycles. The largest absolute Gasteiger partial charge is 4.00 e. The summed E-state index contributed by atoms with van der Waals surface area (Å²) in [5, 5.41) is 62.9. The van der Waals surface area contributed by atoms with Crippen LogP contribution in [0.4, 0.5) is 19.2 Å². The van der Waals surface area contributed by atoms with Crippen LogP contribution in [-0.2, 0) is 41.3 Å². The maximum Gasteiger partial charge on any atom is 4.00 e. The number of carboxylic acid groups (broad SMARTS) is 4. The summed E-state index contributed by atoms with van der Waals surface area (Å²) in [4.78, 5) is 45.0. The second kappa shape index (κ2) is 26.2. The standard InChI is InChI=1S/4CH2O4.Ti/c4*2-1(3)5-4;/h4*4H,(H,2,3);/q;;;;+4/p-4. The fourth-order valence-electron chi connectivity index (χ4n) is 0. The van der Waals surface area contributed by atoms with Crippen LogP contribution in [0.25, 0.3) is 0 Å². The molecule has 0 unspecified atom stereocenters. The van der Waals surface area contributed by atoms with E-state index in [9.17, 15) is 0 Å². The molecule has 0 amide bonds. The van der Waals surface area contributed by atoms with E-state index in [1.807, 2.05) is 0 Å². The molecule has 0 radical (unpaired) electrons. The molecule has 0 atom stereocenters. The van der Waals surface area contributed by atoms with Crippen LogP contribution in [0.5, 0.6) is 0 Å². The maximum atomic E-state index is 8.83. The molecule has 0 aliphatic carbocycles. The normalized spacial score (nSPS) is 6.29. The van der Waals surface area contributed by atoms with Gasteiger partial charge in [-0.1, -0.05) is 0 Å². The Morgan fingerprint density at radius 3 is 0.571 bits per heavy atom. The van der Waals surface area contributed by atoms with Crippen molar-refractivity contribution in [2.75, 3.05) is 0 Å². The molecule has 16 nitrogen and oxygen atoms in total. The van der Waals surface area contributed by atoms with E-state index < -0.39 is 24.6 Å². The first-order valence-electron chi connectivity index (χ1n) is 3.19. The Kier molecular flexibility index (Phi) is 39.0. The molecule has 0 rings (SSSR count). The van der Waals surface area contributed by atoms with Crippen molar-refractivity contribution >= 4 is 24.6 Å². The fourth-order valence-corrected chi connectivity index (χ4v) is 0. The van der Waals surface area contributed by atoms with Gasteiger partial charge >= 0.3 is 46.3 Å². The Morgan fingerprint density at radius 2 is 0.571 bits per heavy atom. The van der Waals surface area contributed by atoms with Crippen molar-refractivity contribution in [3.05, 3.63) is 0 Å². The number of hydrogen-bond acceptors (Lipinski definition) is 12. The van der Waals surface area contributed by atoms with E-state index >= 15 is 0 Å². The Balaban J connectivity index is -0.0000000533. The van der Waals surface area contributed by atoms with Gasteiger partial charge in [0.05, 0.1) is 0 Å². The van der Waals surface area contributed by atoms with E-state index in [2.05, 4.69) is 19.6 Å². The molecule has 0 aliphatic heterocycles. The number of carbonyl (C=O) groups is 4. The predicted octanol–water partition coefficient (Wildman–Crippen LogP) is -4.18. The summed E-state index contributed by atoms with van der Waals surface area (Å²) < 4.78 is 0. The van der Waals surface area contributed by atoms with E-state index in [4.69, 9.17) is 60.6 Å². The van der Waals surface area contributed by atoms with Crippen LogP contribution < -0.4 is 21.0 Å². The third-order valence-corrected chi connectivity index (χ3v) is 0.285. The zero-order chi connectivity index (χ0) is 17.1. The van der Waals surface area contributed by atoms with Gasteiger partial charge in [-0.2, -0.15) is 0 Å². The third-order valence-electron chi connectivity index (χ3n) is 0.285. The quantitative estimate of drug-likeness (QED) is 0.182. The van der Waals surface area contributed by atoms with Crippen molar-refractivity contribution in [3.63, 3.8) is 0 Å². The number of rotatable bonds is 0. The minimum atomic E-state index is -1.80. The summed E-state index contributed by atoms with van der Waals surface area (Å²) in [7, 11) is 0. The average molecular weight is 356 g/mol. The van der Waals surface area contributed by atoms with Gasteiger partial charge in [0.2, 0.25) is 0 Å². The molecule has 0 saturated heterocycles. The number of hydrogen-bond donors (Lipinski definition) is 4. The van der Waals surface area contributed by atoms with E-state index in [1.165, 1.54) is 0 Å². The summed E-state index contributed by atoms with van der Waals surface area (Å²) in [6.45, 7) is 0. The SMILES string of the molecule is O=C(O)O[O-].O=C(O)O[O-].O=C(O)O[O-].O=C(O)O[O-].[Ti+4].